The fourth-order valence-electron chi connectivity index (χ4n) is 4.46. The minimum Gasteiger partial charge on any atom is -0.379 e. The molecule has 1 aliphatic heterocycles. The fraction of sp³-hybridized carbons (Fsp3) is 0.667. The van der Waals surface area contributed by atoms with E-state index >= 15 is 0 Å². The predicted octanol–water partition coefficient (Wildman–Crippen LogP) is 2.29. The molecule has 0 aromatic carbocycles. The molecule has 2 heterocycles. The fourth-order valence-corrected chi connectivity index (χ4v) is 6.34. The molecule has 2 aliphatic rings. The summed E-state index contributed by atoms with van der Waals surface area (Å²) in [6.07, 6.45) is 12.8. The van der Waals surface area contributed by atoms with E-state index < -0.39 is 10.0 Å². The standard InChI is InChI=1S/C24H38N4O4S/c29-24(9-8-22-10-13-25-14-11-22)26-12-3-4-21-33(30,31)28(23-6-1-2-7-23)16-5-15-27-17-19-32-20-18-27/h8-11,13-14,23H,1-7,12,15-21H2,(H,26,29). The predicted molar refractivity (Wildman–Crippen MR) is 130 cm³/mol. The number of amides is 1. The van der Waals surface area contributed by atoms with Crippen LogP contribution in [0, 0.1) is 0 Å². The van der Waals surface area contributed by atoms with Crippen molar-refractivity contribution < 1.29 is 17.9 Å². The van der Waals surface area contributed by atoms with Gasteiger partial charge >= 0.3 is 0 Å². The minimum absolute atomic E-state index is 0.143. The Hall–Kier alpha value is -1.81. The number of aromatic nitrogens is 1. The molecule has 1 aliphatic carbocycles. The van der Waals surface area contributed by atoms with E-state index in [4.69, 9.17) is 4.74 Å². The average Bonchev–Trinajstić information content (AvgIpc) is 3.36. The van der Waals surface area contributed by atoms with Crippen LogP contribution in [0.5, 0.6) is 0 Å². The van der Waals surface area contributed by atoms with Crippen LogP contribution >= 0.6 is 0 Å². The number of unbranched alkanes of at least 4 members (excludes halogenated alkanes) is 1. The first kappa shape index (κ1) is 25.8. The Morgan fingerprint density at radius 1 is 1.15 bits per heavy atom. The van der Waals surface area contributed by atoms with E-state index in [0.29, 0.717) is 25.9 Å². The van der Waals surface area contributed by atoms with Crippen molar-refractivity contribution in [1.29, 1.82) is 0 Å². The average molecular weight is 479 g/mol. The summed E-state index contributed by atoms with van der Waals surface area (Å²) in [6, 6.07) is 3.80. The van der Waals surface area contributed by atoms with Crippen LogP contribution in [0.1, 0.15) is 50.5 Å². The molecular formula is C24H38N4O4S. The maximum absolute atomic E-state index is 13.1. The molecular weight excluding hydrogens is 440 g/mol. The highest BCUT2D eigenvalue weighted by molar-refractivity contribution is 7.89. The zero-order chi connectivity index (χ0) is 23.4. The molecule has 0 unspecified atom stereocenters. The summed E-state index contributed by atoms with van der Waals surface area (Å²) in [5.41, 5.74) is 0.909. The summed E-state index contributed by atoms with van der Waals surface area (Å²) < 4.78 is 33.5. The van der Waals surface area contributed by atoms with E-state index in [1.54, 1.807) is 22.8 Å². The molecule has 1 aromatic heterocycles. The van der Waals surface area contributed by atoms with Gasteiger partial charge < -0.3 is 10.1 Å². The Kier molecular flexibility index (Phi) is 10.8. The molecule has 1 saturated carbocycles. The Bertz CT molecular complexity index is 835. The summed E-state index contributed by atoms with van der Waals surface area (Å²) in [4.78, 5) is 18.3. The van der Waals surface area contributed by atoms with E-state index in [9.17, 15) is 13.2 Å². The normalized spacial score (nSPS) is 18.3. The van der Waals surface area contributed by atoms with Gasteiger partial charge in [-0.1, -0.05) is 12.8 Å². The monoisotopic (exact) mass is 478 g/mol. The largest absolute Gasteiger partial charge is 0.379 e. The van der Waals surface area contributed by atoms with Gasteiger partial charge in [0.2, 0.25) is 15.9 Å². The lowest BCUT2D eigenvalue weighted by atomic mass is 10.2. The maximum Gasteiger partial charge on any atom is 0.243 e. The van der Waals surface area contributed by atoms with Gasteiger partial charge in [-0.15, -0.1) is 0 Å². The highest BCUT2D eigenvalue weighted by Gasteiger charge is 2.31. The molecule has 1 saturated heterocycles. The van der Waals surface area contributed by atoms with Crippen molar-refractivity contribution in [2.45, 2.75) is 51.0 Å². The first-order valence-corrected chi connectivity index (χ1v) is 13.8. The molecule has 1 N–H and O–H groups in total. The molecule has 1 amide bonds. The molecule has 0 atom stereocenters. The number of carbonyl (C=O) groups excluding carboxylic acids is 1. The summed E-state index contributed by atoms with van der Waals surface area (Å²) in [7, 11) is -3.30. The van der Waals surface area contributed by atoms with Crippen molar-refractivity contribution in [3.8, 4) is 0 Å². The first-order valence-electron chi connectivity index (χ1n) is 12.2. The number of pyridine rings is 1. The summed E-state index contributed by atoms with van der Waals surface area (Å²) >= 11 is 0. The molecule has 2 fully saturated rings. The molecule has 184 valence electrons. The molecule has 0 bridgehead atoms. The number of rotatable bonds is 13. The number of morpholine rings is 1. The number of nitrogens with one attached hydrogen (secondary N) is 1. The van der Waals surface area contributed by atoms with E-state index in [1.165, 1.54) is 6.08 Å². The number of nitrogens with zero attached hydrogens (tertiary/aromatic N) is 3. The topological polar surface area (TPSA) is 91.8 Å². The first-order chi connectivity index (χ1) is 16.0. The quantitative estimate of drug-likeness (QED) is 0.346. The molecule has 33 heavy (non-hydrogen) atoms. The molecule has 0 radical (unpaired) electrons. The van der Waals surface area contributed by atoms with Crippen molar-refractivity contribution in [3.63, 3.8) is 0 Å². The Labute approximate surface area is 198 Å². The van der Waals surface area contributed by atoms with Gasteiger partial charge in [0.1, 0.15) is 0 Å². The third-order valence-electron chi connectivity index (χ3n) is 6.31. The smallest absolute Gasteiger partial charge is 0.243 e. The van der Waals surface area contributed by atoms with Crippen LogP contribution in [0.25, 0.3) is 6.08 Å². The van der Waals surface area contributed by atoms with Crippen LogP contribution in [-0.4, -0.2) is 86.2 Å². The van der Waals surface area contributed by atoms with Gasteiger partial charge in [0, 0.05) is 50.7 Å². The second kappa shape index (κ2) is 13.8. The van der Waals surface area contributed by atoms with E-state index in [2.05, 4.69) is 15.2 Å². The van der Waals surface area contributed by atoms with Crippen LogP contribution in [-0.2, 0) is 19.6 Å². The highest BCUT2D eigenvalue weighted by Crippen LogP contribution is 2.26. The van der Waals surface area contributed by atoms with E-state index in [-0.39, 0.29) is 17.7 Å². The summed E-state index contributed by atoms with van der Waals surface area (Å²) in [5.74, 6) is -0.0330. The maximum atomic E-state index is 13.1. The van der Waals surface area contributed by atoms with Crippen LogP contribution in [0.15, 0.2) is 30.6 Å². The minimum atomic E-state index is -3.30. The van der Waals surface area contributed by atoms with Crippen molar-refractivity contribution >= 4 is 22.0 Å². The van der Waals surface area contributed by atoms with Gasteiger partial charge in [-0.25, -0.2) is 8.42 Å². The van der Waals surface area contributed by atoms with Crippen LogP contribution in [0.3, 0.4) is 0 Å². The molecule has 0 spiro atoms. The summed E-state index contributed by atoms with van der Waals surface area (Å²) in [5, 5.41) is 2.83. The lowest BCUT2D eigenvalue weighted by molar-refractivity contribution is -0.116. The van der Waals surface area contributed by atoms with Crippen molar-refractivity contribution in [1.82, 2.24) is 19.5 Å². The zero-order valence-corrected chi connectivity index (χ0v) is 20.3. The van der Waals surface area contributed by atoms with Crippen molar-refractivity contribution in [2.75, 3.05) is 51.7 Å². The second-order valence-corrected chi connectivity index (χ2v) is 10.8. The third-order valence-corrected chi connectivity index (χ3v) is 8.31. The summed E-state index contributed by atoms with van der Waals surface area (Å²) in [6.45, 7) is 5.37. The number of sulfonamides is 1. The SMILES string of the molecule is O=C(C=Cc1ccncc1)NCCCCS(=O)(=O)N(CCCN1CCOCC1)C1CCCC1. The number of carbonyl (C=O) groups is 1. The Morgan fingerprint density at radius 3 is 2.61 bits per heavy atom. The van der Waals surface area contributed by atoms with Crippen molar-refractivity contribution in [2.24, 2.45) is 0 Å². The van der Waals surface area contributed by atoms with Crippen LogP contribution in [0.4, 0.5) is 0 Å². The number of hydrogen-bond donors (Lipinski definition) is 1. The zero-order valence-electron chi connectivity index (χ0n) is 19.5. The van der Waals surface area contributed by atoms with Crippen LogP contribution < -0.4 is 5.32 Å². The van der Waals surface area contributed by atoms with Gasteiger partial charge in [0.05, 0.1) is 19.0 Å². The lowest BCUT2D eigenvalue weighted by Gasteiger charge is -2.30. The molecule has 8 nitrogen and oxygen atoms in total. The van der Waals surface area contributed by atoms with E-state index in [0.717, 1.165) is 70.5 Å². The van der Waals surface area contributed by atoms with Gasteiger partial charge in [0.25, 0.3) is 0 Å². The van der Waals surface area contributed by atoms with Gasteiger partial charge in [-0.05, 0) is 62.4 Å². The van der Waals surface area contributed by atoms with Crippen molar-refractivity contribution in [3.05, 3.63) is 36.2 Å². The molecule has 3 rings (SSSR count). The molecule has 1 aromatic rings. The van der Waals surface area contributed by atoms with Gasteiger partial charge in [-0.3, -0.25) is 14.7 Å². The molecule has 9 heteroatoms. The highest BCUT2D eigenvalue weighted by atomic mass is 32.2. The van der Waals surface area contributed by atoms with E-state index in [1.807, 2.05) is 12.1 Å². The Morgan fingerprint density at radius 2 is 1.88 bits per heavy atom. The van der Waals surface area contributed by atoms with Gasteiger partial charge in [-0.2, -0.15) is 4.31 Å². The number of ether oxygens (including phenoxy) is 1. The second-order valence-electron chi connectivity index (χ2n) is 8.78. The lowest BCUT2D eigenvalue weighted by Crippen LogP contribution is -2.43. The Balaban J connectivity index is 1.39. The number of hydrogen-bond acceptors (Lipinski definition) is 6. The van der Waals surface area contributed by atoms with Crippen LogP contribution in [0.2, 0.25) is 0 Å². The third kappa shape index (κ3) is 9.16. The van der Waals surface area contributed by atoms with Gasteiger partial charge in [0.15, 0.2) is 0 Å².